The van der Waals surface area contributed by atoms with Gasteiger partial charge in [0.05, 0.1) is 26.2 Å². The van der Waals surface area contributed by atoms with Crippen LogP contribution in [-0.4, -0.2) is 26.2 Å². The van der Waals surface area contributed by atoms with E-state index in [-0.39, 0.29) is 11.6 Å². The fourth-order valence-electron chi connectivity index (χ4n) is 2.80. The third-order valence-corrected chi connectivity index (χ3v) is 4.03. The lowest BCUT2D eigenvalue weighted by Gasteiger charge is -2.33. The van der Waals surface area contributed by atoms with Gasteiger partial charge >= 0.3 is 0 Å². The van der Waals surface area contributed by atoms with Gasteiger partial charge in [-0.15, -0.1) is 0 Å². The van der Waals surface area contributed by atoms with Gasteiger partial charge in [0, 0.05) is 11.3 Å². The maximum atomic E-state index is 12.9. The largest absolute Gasteiger partial charge is 0.360 e. The van der Waals surface area contributed by atoms with Gasteiger partial charge in [-0.05, 0) is 36.4 Å². The summed E-state index contributed by atoms with van der Waals surface area (Å²) in [4.78, 5) is 3.79. The minimum atomic E-state index is -0.195. The van der Waals surface area contributed by atoms with E-state index in [1.165, 1.54) is 34.7 Å². The lowest BCUT2D eigenvalue weighted by Crippen LogP contribution is -3.13. The molecule has 1 aliphatic rings. The summed E-state index contributed by atoms with van der Waals surface area (Å²) in [7, 11) is 0. The zero-order chi connectivity index (χ0) is 14.7. The lowest BCUT2D eigenvalue weighted by molar-refractivity contribution is -0.914. The van der Waals surface area contributed by atoms with Gasteiger partial charge in [0.15, 0.2) is 0 Å². The Balaban J connectivity index is 1.55. The van der Waals surface area contributed by atoms with Crippen LogP contribution in [0.3, 0.4) is 0 Å². The average Bonchev–Trinajstić information content (AvgIpc) is 2.51. The fourth-order valence-corrected chi connectivity index (χ4v) is 2.80. The highest BCUT2D eigenvalue weighted by molar-refractivity contribution is 5.46. The van der Waals surface area contributed by atoms with Crippen LogP contribution in [0, 0.1) is 11.6 Å². The highest BCUT2D eigenvalue weighted by Crippen LogP contribution is 2.14. The van der Waals surface area contributed by atoms with Crippen LogP contribution in [-0.2, 0) is 6.54 Å². The molecule has 0 radical (unpaired) electrons. The highest BCUT2D eigenvalue weighted by Gasteiger charge is 2.20. The number of nitrogens with zero attached hydrogens (tertiary/aromatic N) is 1. The number of rotatable bonds is 3. The van der Waals surface area contributed by atoms with Crippen LogP contribution in [0.1, 0.15) is 5.56 Å². The smallest absolute Gasteiger partial charge is 0.123 e. The summed E-state index contributed by atoms with van der Waals surface area (Å²) in [6, 6.07) is 13.4. The molecule has 0 spiro atoms. The van der Waals surface area contributed by atoms with E-state index in [1.54, 1.807) is 0 Å². The van der Waals surface area contributed by atoms with E-state index in [2.05, 4.69) is 4.90 Å². The number of hydrogen-bond acceptors (Lipinski definition) is 1. The van der Waals surface area contributed by atoms with E-state index in [9.17, 15) is 8.78 Å². The topological polar surface area (TPSA) is 7.68 Å². The SMILES string of the molecule is Fc1ccc(C[NH+]2CCN(c3ccc(F)cc3)CC2)cc1. The molecule has 0 amide bonds. The van der Waals surface area contributed by atoms with Gasteiger partial charge in [0.1, 0.15) is 18.2 Å². The normalized spacial score (nSPS) is 16.2. The van der Waals surface area contributed by atoms with Crippen LogP contribution in [0.25, 0.3) is 0 Å². The Morgan fingerprint density at radius 3 is 1.90 bits per heavy atom. The Kier molecular flexibility index (Phi) is 4.15. The zero-order valence-corrected chi connectivity index (χ0v) is 11.9. The van der Waals surface area contributed by atoms with Crippen LogP contribution in [0.4, 0.5) is 14.5 Å². The van der Waals surface area contributed by atoms with Gasteiger partial charge in [-0.3, -0.25) is 0 Å². The van der Waals surface area contributed by atoms with Crippen molar-refractivity contribution < 1.29 is 13.7 Å². The quantitative estimate of drug-likeness (QED) is 0.906. The summed E-state index contributed by atoms with van der Waals surface area (Å²) in [5, 5.41) is 0. The molecule has 110 valence electrons. The van der Waals surface area contributed by atoms with Crippen molar-refractivity contribution in [3.8, 4) is 0 Å². The first-order valence-electron chi connectivity index (χ1n) is 7.29. The summed E-state index contributed by atoms with van der Waals surface area (Å²) in [6.07, 6.45) is 0. The van der Waals surface area contributed by atoms with E-state index in [1.807, 2.05) is 24.3 Å². The second kappa shape index (κ2) is 6.22. The van der Waals surface area contributed by atoms with Crippen molar-refractivity contribution in [2.75, 3.05) is 31.1 Å². The standard InChI is InChI=1S/C17H18F2N2/c18-15-3-1-14(2-4-15)13-20-9-11-21(12-10-20)17-7-5-16(19)6-8-17/h1-8H,9-13H2/p+1. The Bertz CT molecular complexity index is 573. The van der Waals surface area contributed by atoms with Crippen molar-refractivity contribution in [2.24, 2.45) is 0 Å². The molecule has 2 nitrogen and oxygen atoms in total. The minimum Gasteiger partial charge on any atom is -0.360 e. The Morgan fingerprint density at radius 2 is 1.33 bits per heavy atom. The predicted molar refractivity (Wildman–Crippen MR) is 79.4 cm³/mol. The molecule has 2 aromatic carbocycles. The van der Waals surface area contributed by atoms with Gasteiger partial charge in [0.25, 0.3) is 0 Å². The van der Waals surface area contributed by atoms with Gasteiger partial charge in [-0.1, -0.05) is 12.1 Å². The van der Waals surface area contributed by atoms with E-state index >= 15 is 0 Å². The Labute approximate surface area is 123 Å². The molecule has 4 heteroatoms. The number of halogens is 2. The summed E-state index contributed by atoms with van der Waals surface area (Å²) in [5.74, 6) is -0.380. The second-order valence-electron chi connectivity index (χ2n) is 5.52. The molecule has 0 saturated carbocycles. The molecule has 0 atom stereocenters. The van der Waals surface area contributed by atoms with E-state index in [0.29, 0.717) is 0 Å². The molecule has 1 saturated heterocycles. The average molecular weight is 289 g/mol. The molecule has 3 rings (SSSR count). The molecule has 0 aliphatic carbocycles. The van der Waals surface area contributed by atoms with Gasteiger partial charge in [0.2, 0.25) is 0 Å². The number of nitrogens with one attached hydrogen (secondary N) is 1. The summed E-state index contributed by atoms with van der Waals surface area (Å²) >= 11 is 0. The second-order valence-corrected chi connectivity index (χ2v) is 5.52. The Morgan fingerprint density at radius 1 is 0.810 bits per heavy atom. The van der Waals surface area contributed by atoms with Crippen LogP contribution < -0.4 is 9.80 Å². The molecular weight excluding hydrogens is 270 g/mol. The third kappa shape index (κ3) is 3.58. The number of benzene rings is 2. The maximum Gasteiger partial charge on any atom is 0.123 e. The molecular formula is C17H19F2N2+. The first kappa shape index (κ1) is 14.0. The summed E-state index contributed by atoms with van der Waals surface area (Å²) in [5.41, 5.74) is 2.25. The van der Waals surface area contributed by atoms with Gasteiger partial charge in [-0.2, -0.15) is 0 Å². The molecule has 1 aliphatic heterocycles. The molecule has 21 heavy (non-hydrogen) atoms. The molecule has 0 bridgehead atoms. The first-order chi connectivity index (χ1) is 10.2. The summed E-state index contributed by atoms with van der Waals surface area (Å²) in [6.45, 7) is 4.92. The van der Waals surface area contributed by atoms with Crippen molar-refractivity contribution in [3.05, 3.63) is 65.7 Å². The molecule has 1 fully saturated rings. The van der Waals surface area contributed by atoms with Crippen LogP contribution in [0.15, 0.2) is 48.5 Å². The Hall–Kier alpha value is -1.94. The monoisotopic (exact) mass is 289 g/mol. The number of anilines is 1. The maximum absolute atomic E-state index is 12.9. The molecule has 1 heterocycles. The molecule has 1 N–H and O–H groups in total. The minimum absolute atomic E-state index is 0.185. The first-order valence-corrected chi connectivity index (χ1v) is 7.29. The van der Waals surface area contributed by atoms with Gasteiger partial charge in [-0.25, -0.2) is 8.78 Å². The summed E-state index contributed by atoms with van der Waals surface area (Å²) < 4.78 is 25.8. The third-order valence-electron chi connectivity index (χ3n) is 4.03. The predicted octanol–water partition coefficient (Wildman–Crippen LogP) is 1.87. The van der Waals surface area contributed by atoms with Crippen LogP contribution in [0.5, 0.6) is 0 Å². The van der Waals surface area contributed by atoms with Crippen molar-refractivity contribution in [3.63, 3.8) is 0 Å². The molecule has 0 aromatic heterocycles. The van der Waals surface area contributed by atoms with Crippen LogP contribution in [0.2, 0.25) is 0 Å². The van der Waals surface area contributed by atoms with E-state index < -0.39 is 0 Å². The van der Waals surface area contributed by atoms with E-state index in [4.69, 9.17) is 0 Å². The molecule has 0 unspecified atom stereocenters. The number of quaternary nitrogens is 1. The number of hydrogen-bond donors (Lipinski definition) is 1. The number of piperazine rings is 1. The van der Waals surface area contributed by atoms with Crippen molar-refractivity contribution in [2.45, 2.75) is 6.54 Å². The molecule has 2 aromatic rings. The van der Waals surface area contributed by atoms with Crippen molar-refractivity contribution >= 4 is 5.69 Å². The van der Waals surface area contributed by atoms with Crippen LogP contribution >= 0.6 is 0 Å². The van der Waals surface area contributed by atoms with E-state index in [0.717, 1.165) is 38.4 Å². The van der Waals surface area contributed by atoms with Gasteiger partial charge < -0.3 is 9.80 Å². The fraction of sp³-hybridized carbons (Fsp3) is 0.294. The van der Waals surface area contributed by atoms with Crippen molar-refractivity contribution in [1.29, 1.82) is 0 Å². The highest BCUT2D eigenvalue weighted by atomic mass is 19.1. The zero-order valence-electron chi connectivity index (χ0n) is 11.9. The van der Waals surface area contributed by atoms with Crippen molar-refractivity contribution in [1.82, 2.24) is 0 Å². The lowest BCUT2D eigenvalue weighted by atomic mass is 10.2.